The lowest BCUT2D eigenvalue weighted by atomic mass is 9.81. The van der Waals surface area contributed by atoms with Gasteiger partial charge in [0, 0.05) is 21.1 Å². The van der Waals surface area contributed by atoms with Crippen LogP contribution in [0.3, 0.4) is 0 Å². The third-order valence-corrected chi connectivity index (χ3v) is 4.53. The van der Waals surface area contributed by atoms with Crippen molar-refractivity contribution in [3.05, 3.63) is 68.7 Å². The molecule has 3 rings (SSSR count). The molecule has 1 heterocycles. The Hall–Kier alpha value is -2.60. The summed E-state index contributed by atoms with van der Waals surface area (Å²) in [5, 5.41) is 11.8. The number of nitro groups is 1. The van der Waals surface area contributed by atoms with E-state index in [1.54, 1.807) is 42.5 Å². The maximum Gasteiger partial charge on any atom is 0.314 e. The van der Waals surface area contributed by atoms with Crippen molar-refractivity contribution in [1.29, 1.82) is 0 Å². The van der Waals surface area contributed by atoms with Gasteiger partial charge in [0.05, 0.1) is 18.4 Å². The molecule has 0 bridgehead atoms. The van der Waals surface area contributed by atoms with Crippen LogP contribution in [0.5, 0.6) is 11.5 Å². The monoisotopic (exact) mass is 375 g/mol. The smallest absolute Gasteiger partial charge is 0.314 e. The van der Waals surface area contributed by atoms with Crippen LogP contribution in [0, 0.1) is 10.1 Å². The van der Waals surface area contributed by atoms with E-state index >= 15 is 0 Å². The summed E-state index contributed by atoms with van der Waals surface area (Å²) in [4.78, 5) is 23.7. The maximum atomic E-state index is 12.8. The second-order valence-corrected chi connectivity index (χ2v) is 6.53. The van der Waals surface area contributed by atoms with Crippen LogP contribution >= 0.6 is 11.6 Å². The molecule has 7 heteroatoms. The third-order valence-electron chi connectivity index (χ3n) is 4.30. The number of para-hydroxylation sites is 1. The number of ether oxygens (including phenoxy) is 2. The maximum absolute atomic E-state index is 12.8. The predicted octanol–water partition coefficient (Wildman–Crippen LogP) is 4.54. The summed E-state index contributed by atoms with van der Waals surface area (Å²) in [6, 6.07) is 12.0. The largest absolute Gasteiger partial charge is 0.465 e. The van der Waals surface area contributed by atoms with E-state index in [9.17, 15) is 14.9 Å². The van der Waals surface area contributed by atoms with Crippen molar-refractivity contribution < 1.29 is 19.2 Å². The SMILES string of the molecule is CCCOC(=O)C1c2ccccc2Oc2ccc(Cl)cc2C1C[N+](=O)[O-]. The molecule has 0 amide bonds. The fourth-order valence-electron chi connectivity index (χ4n) is 3.20. The number of hydrogen-bond acceptors (Lipinski definition) is 5. The molecule has 26 heavy (non-hydrogen) atoms. The molecule has 0 aliphatic carbocycles. The van der Waals surface area contributed by atoms with Gasteiger partial charge in [0.1, 0.15) is 11.5 Å². The van der Waals surface area contributed by atoms with E-state index in [2.05, 4.69) is 0 Å². The Kier molecular flexibility index (Phi) is 5.42. The van der Waals surface area contributed by atoms with Crippen LogP contribution in [0.15, 0.2) is 42.5 Å². The molecular weight excluding hydrogens is 358 g/mol. The summed E-state index contributed by atoms with van der Waals surface area (Å²) in [5.74, 6) is -1.14. The van der Waals surface area contributed by atoms with E-state index in [-0.39, 0.29) is 6.61 Å². The highest BCUT2D eigenvalue weighted by atomic mass is 35.5. The number of carbonyl (C=O) groups is 1. The van der Waals surface area contributed by atoms with Gasteiger partial charge in [0.25, 0.3) is 0 Å². The minimum Gasteiger partial charge on any atom is -0.465 e. The number of esters is 1. The first-order valence-electron chi connectivity index (χ1n) is 8.36. The Morgan fingerprint density at radius 1 is 1.23 bits per heavy atom. The van der Waals surface area contributed by atoms with Gasteiger partial charge in [0.2, 0.25) is 6.54 Å². The average molecular weight is 376 g/mol. The molecule has 0 saturated heterocycles. The Morgan fingerprint density at radius 3 is 2.69 bits per heavy atom. The molecule has 0 radical (unpaired) electrons. The lowest BCUT2D eigenvalue weighted by Crippen LogP contribution is -2.27. The average Bonchev–Trinajstić information content (AvgIpc) is 2.74. The Bertz CT molecular complexity index is 838. The number of fused-ring (bicyclic) bond motifs is 2. The van der Waals surface area contributed by atoms with Crippen molar-refractivity contribution in [2.45, 2.75) is 25.2 Å². The molecule has 0 spiro atoms. The molecule has 1 aliphatic heterocycles. The zero-order chi connectivity index (χ0) is 18.7. The fourth-order valence-corrected chi connectivity index (χ4v) is 3.38. The lowest BCUT2D eigenvalue weighted by molar-refractivity contribution is -0.483. The molecule has 6 nitrogen and oxygen atoms in total. The topological polar surface area (TPSA) is 78.7 Å². The van der Waals surface area contributed by atoms with Crippen molar-refractivity contribution >= 4 is 17.6 Å². The van der Waals surface area contributed by atoms with E-state index < -0.39 is 29.3 Å². The lowest BCUT2D eigenvalue weighted by Gasteiger charge is -2.22. The van der Waals surface area contributed by atoms with Gasteiger partial charge in [-0.3, -0.25) is 14.9 Å². The first kappa shape index (κ1) is 18.2. The van der Waals surface area contributed by atoms with E-state index in [0.717, 1.165) is 0 Å². The van der Waals surface area contributed by atoms with Crippen LogP contribution in [0.2, 0.25) is 5.02 Å². The molecule has 0 saturated carbocycles. The summed E-state index contributed by atoms with van der Waals surface area (Å²) in [6.45, 7) is 1.71. The van der Waals surface area contributed by atoms with Crippen LogP contribution in [-0.2, 0) is 9.53 Å². The zero-order valence-corrected chi connectivity index (χ0v) is 14.9. The van der Waals surface area contributed by atoms with Gasteiger partial charge in [0.15, 0.2) is 0 Å². The van der Waals surface area contributed by atoms with Crippen LogP contribution < -0.4 is 4.74 Å². The minimum atomic E-state index is -0.845. The van der Waals surface area contributed by atoms with Crippen LogP contribution in [0.4, 0.5) is 0 Å². The Labute approximate surface area is 155 Å². The van der Waals surface area contributed by atoms with Gasteiger partial charge < -0.3 is 9.47 Å². The second kappa shape index (κ2) is 7.74. The zero-order valence-electron chi connectivity index (χ0n) is 14.2. The fraction of sp³-hybridized carbons (Fsp3) is 0.316. The first-order chi connectivity index (χ1) is 12.5. The number of halogens is 1. The molecule has 2 atom stereocenters. The van der Waals surface area contributed by atoms with E-state index in [1.807, 2.05) is 6.92 Å². The normalized spacial score (nSPS) is 18.1. The quantitative estimate of drug-likeness (QED) is 0.435. The molecule has 1 aliphatic rings. The van der Waals surface area contributed by atoms with E-state index in [0.29, 0.717) is 34.1 Å². The number of hydrogen-bond donors (Lipinski definition) is 0. The molecule has 0 N–H and O–H groups in total. The minimum absolute atomic E-state index is 0.256. The Balaban J connectivity index is 2.18. The van der Waals surface area contributed by atoms with Crippen LogP contribution in [-0.4, -0.2) is 24.0 Å². The van der Waals surface area contributed by atoms with E-state index in [4.69, 9.17) is 21.1 Å². The summed E-state index contributed by atoms with van der Waals surface area (Å²) >= 11 is 6.11. The van der Waals surface area contributed by atoms with Crippen molar-refractivity contribution in [1.82, 2.24) is 0 Å². The van der Waals surface area contributed by atoms with Gasteiger partial charge >= 0.3 is 5.97 Å². The summed E-state index contributed by atoms with van der Waals surface area (Å²) in [7, 11) is 0. The van der Waals surface area contributed by atoms with Crippen molar-refractivity contribution in [2.75, 3.05) is 13.2 Å². The van der Waals surface area contributed by atoms with Crippen LogP contribution in [0.25, 0.3) is 0 Å². The summed E-state index contributed by atoms with van der Waals surface area (Å²) < 4.78 is 11.3. The van der Waals surface area contributed by atoms with E-state index in [1.165, 1.54) is 0 Å². The summed E-state index contributed by atoms with van der Waals surface area (Å²) in [6.07, 6.45) is 0.666. The highest BCUT2D eigenvalue weighted by molar-refractivity contribution is 6.30. The van der Waals surface area contributed by atoms with Gasteiger partial charge in [-0.15, -0.1) is 0 Å². The van der Waals surface area contributed by atoms with Crippen molar-refractivity contribution in [2.24, 2.45) is 0 Å². The van der Waals surface area contributed by atoms with Crippen molar-refractivity contribution in [3.8, 4) is 11.5 Å². The second-order valence-electron chi connectivity index (χ2n) is 6.09. The van der Waals surface area contributed by atoms with Gasteiger partial charge in [-0.1, -0.05) is 36.7 Å². The first-order valence-corrected chi connectivity index (χ1v) is 8.73. The number of rotatable bonds is 5. The predicted molar refractivity (Wildman–Crippen MR) is 96.6 cm³/mol. The molecular formula is C19H18ClNO5. The van der Waals surface area contributed by atoms with Crippen LogP contribution in [0.1, 0.15) is 36.3 Å². The highest BCUT2D eigenvalue weighted by Crippen LogP contribution is 2.47. The molecule has 0 aromatic heterocycles. The number of carbonyl (C=O) groups excluding carboxylic acids is 1. The number of nitrogens with zero attached hydrogens (tertiary/aromatic N) is 1. The third kappa shape index (κ3) is 3.65. The van der Waals surface area contributed by atoms with Gasteiger partial charge in [-0.25, -0.2) is 0 Å². The molecule has 136 valence electrons. The molecule has 2 aromatic rings. The highest BCUT2D eigenvalue weighted by Gasteiger charge is 2.41. The standard InChI is InChI=1S/C19H18ClNO5/c1-2-9-25-19(22)18-13-5-3-4-6-16(13)26-17-8-7-12(20)10-14(17)15(18)11-21(23)24/h3-8,10,15,18H,2,9,11H2,1H3. The molecule has 2 aromatic carbocycles. The van der Waals surface area contributed by atoms with Gasteiger partial charge in [-0.2, -0.15) is 0 Å². The summed E-state index contributed by atoms with van der Waals surface area (Å²) in [5.41, 5.74) is 1.11. The van der Waals surface area contributed by atoms with Crippen molar-refractivity contribution in [3.63, 3.8) is 0 Å². The number of benzene rings is 2. The molecule has 0 fully saturated rings. The Morgan fingerprint density at radius 2 is 1.96 bits per heavy atom. The van der Waals surface area contributed by atoms with Gasteiger partial charge in [-0.05, 0) is 30.7 Å². The molecule has 2 unspecified atom stereocenters.